The van der Waals surface area contributed by atoms with Gasteiger partial charge < -0.3 is 9.84 Å². The van der Waals surface area contributed by atoms with E-state index in [9.17, 15) is 23.6 Å². The van der Waals surface area contributed by atoms with Crippen LogP contribution in [0, 0.1) is 10.1 Å². The molecule has 4 rings (SSSR count). The number of piperazine rings is 1. The Bertz CT molecular complexity index is 1260. The zero-order chi connectivity index (χ0) is 24.3. The second-order valence-corrected chi connectivity index (χ2v) is 9.87. The van der Waals surface area contributed by atoms with E-state index < -0.39 is 21.0 Å². The number of nitrogens with zero attached hydrogens (tertiary/aromatic N) is 3. The Hall–Kier alpha value is -3.47. The fourth-order valence-electron chi connectivity index (χ4n) is 4.20. The third-order valence-corrected chi connectivity index (χ3v) is 7.88. The van der Waals surface area contributed by atoms with Crippen LogP contribution in [0.2, 0.25) is 0 Å². The van der Waals surface area contributed by atoms with Gasteiger partial charge in [0.2, 0.25) is 10.0 Å². The molecular formula is C24H25N3O6S. The lowest BCUT2D eigenvalue weighted by atomic mass is 9.95. The molecule has 34 heavy (non-hydrogen) atoms. The van der Waals surface area contributed by atoms with Crippen LogP contribution in [0.4, 0.5) is 5.69 Å². The van der Waals surface area contributed by atoms with Gasteiger partial charge in [0.15, 0.2) is 0 Å². The number of sulfonamides is 1. The molecular weight excluding hydrogens is 458 g/mol. The van der Waals surface area contributed by atoms with Crippen LogP contribution in [0.5, 0.6) is 11.5 Å². The summed E-state index contributed by atoms with van der Waals surface area (Å²) in [5, 5.41) is 21.9. The normalized spacial score (nSPS) is 16.1. The number of nitro groups is 1. The van der Waals surface area contributed by atoms with Crippen molar-refractivity contribution in [3.63, 3.8) is 0 Å². The molecule has 178 valence electrons. The first-order valence-corrected chi connectivity index (χ1v) is 12.2. The van der Waals surface area contributed by atoms with E-state index in [1.165, 1.54) is 41.7 Å². The SMILES string of the molecule is COc1ccc(S(=O)(=O)N2CCN(C(c3ccccc3)c3cc([N+](=O)[O-])ccc3O)CC2)cc1. The molecule has 0 saturated carbocycles. The molecule has 9 nitrogen and oxygen atoms in total. The zero-order valence-corrected chi connectivity index (χ0v) is 19.4. The molecule has 1 N–H and O–H groups in total. The highest BCUT2D eigenvalue weighted by atomic mass is 32.2. The van der Waals surface area contributed by atoms with Crippen LogP contribution in [-0.2, 0) is 10.0 Å². The second-order valence-electron chi connectivity index (χ2n) is 7.93. The van der Waals surface area contributed by atoms with Crippen LogP contribution in [0.25, 0.3) is 0 Å². The Labute approximate surface area is 198 Å². The zero-order valence-electron chi connectivity index (χ0n) is 18.6. The third-order valence-electron chi connectivity index (χ3n) is 5.97. The number of phenolic OH excluding ortho intramolecular Hbond substituents is 1. The fraction of sp³-hybridized carbons (Fsp3) is 0.250. The number of benzene rings is 3. The molecule has 0 aliphatic carbocycles. The number of methoxy groups -OCH3 is 1. The average Bonchev–Trinajstić information content (AvgIpc) is 2.86. The Morgan fingerprint density at radius 1 is 0.971 bits per heavy atom. The van der Waals surface area contributed by atoms with Crippen LogP contribution < -0.4 is 4.74 Å². The Balaban J connectivity index is 1.61. The minimum absolute atomic E-state index is 0.0484. The van der Waals surface area contributed by atoms with E-state index in [1.54, 1.807) is 12.1 Å². The molecule has 10 heteroatoms. The number of ether oxygens (including phenoxy) is 1. The molecule has 0 amide bonds. The van der Waals surface area contributed by atoms with Gasteiger partial charge in [0.05, 0.1) is 23.0 Å². The topological polar surface area (TPSA) is 113 Å². The molecule has 1 heterocycles. The van der Waals surface area contributed by atoms with Crippen LogP contribution in [0.15, 0.2) is 77.7 Å². The third kappa shape index (κ3) is 4.74. The van der Waals surface area contributed by atoms with Crippen molar-refractivity contribution in [2.24, 2.45) is 0 Å². The van der Waals surface area contributed by atoms with Gasteiger partial charge in [-0.3, -0.25) is 15.0 Å². The largest absolute Gasteiger partial charge is 0.508 e. The molecule has 0 radical (unpaired) electrons. The summed E-state index contributed by atoms with van der Waals surface area (Å²) in [4.78, 5) is 13.1. The predicted octanol–water partition coefficient (Wildman–Crippen LogP) is 3.40. The average molecular weight is 484 g/mol. The molecule has 1 atom stereocenters. The minimum atomic E-state index is -3.68. The first kappa shape index (κ1) is 23.7. The van der Waals surface area contributed by atoms with Crippen molar-refractivity contribution >= 4 is 15.7 Å². The number of nitro benzene ring substituents is 1. The van der Waals surface area contributed by atoms with Gasteiger partial charge >= 0.3 is 0 Å². The molecule has 1 saturated heterocycles. The summed E-state index contributed by atoms with van der Waals surface area (Å²) in [6.45, 7) is 1.26. The summed E-state index contributed by atoms with van der Waals surface area (Å²) in [5.41, 5.74) is 1.14. The van der Waals surface area contributed by atoms with Crippen LogP contribution >= 0.6 is 0 Å². The number of hydrogen-bond donors (Lipinski definition) is 1. The molecule has 0 spiro atoms. The van der Waals surface area contributed by atoms with Crippen molar-refractivity contribution in [2.45, 2.75) is 10.9 Å². The molecule has 0 bridgehead atoms. The molecule has 1 aliphatic heterocycles. The number of aromatic hydroxyl groups is 1. The standard InChI is InChI=1S/C24H25N3O6S/c1-33-20-8-10-21(11-9-20)34(31,32)26-15-13-25(14-16-26)24(18-5-3-2-4-6-18)22-17-19(27(29)30)7-12-23(22)28/h2-12,17,24,28H,13-16H2,1H3. The molecule has 3 aromatic rings. The van der Waals surface area contributed by atoms with Crippen LogP contribution in [-0.4, -0.2) is 60.9 Å². The van der Waals surface area contributed by atoms with Crippen molar-refractivity contribution < 1.29 is 23.2 Å². The minimum Gasteiger partial charge on any atom is -0.508 e. The van der Waals surface area contributed by atoms with E-state index in [1.807, 2.05) is 35.2 Å². The second kappa shape index (κ2) is 9.80. The first-order valence-electron chi connectivity index (χ1n) is 10.7. The molecule has 1 aliphatic rings. The summed E-state index contributed by atoms with van der Waals surface area (Å²) >= 11 is 0. The maximum absolute atomic E-state index is 13.1. The number of non-ortho nitro benzene ring substituents is 1. The van der Waals surface area contributed by atoms with E-state index in [-0.39, 0.29) is 29.4 Å². The highest BCUT2D eigenvalue weighted by Gasteiger charge is 2.33. The summed E-state index contributed by atoms with van der Waals surface area (Å²) in [7, 11) is -2.16. The maximum atomic E-state index is 13.1. The molecule has 1 unspecified atom stereocenters. The van der Waals surface area contributed by atoms with Crippen molar-refractivity contribution in [1.82, 2.24) is 9.21 Å². The monoisotopic (exact) mass is 483 g/mol. The summed E-state index contributed by atoms with van der Waals surface area (Å²) in [6, 6.07) is 19.2. The number of hydrogen-bond acceptors (Lipinski definition) is 7. The summed E-state index contributed by atoms with van der Waals surface area (Å²) in [5.74, 6) is 0.527. The van der Waals surface area contributed by atoms with Crippen LogP contribution in [0.1, 0.15) is 17.2 Å². The summed E-state index contributed by atoms with van der Waals surface area (Å²) in [6.07, 6.45) is 0. The number of phenols is 1. The molecule has 3 aromatic carbocycles. The first-order chi connectivity index (χ1) is 16.3. The van der Waals surface area contributed by atoms with Crippen molar-refractivity contribution in [3.8, 4) is 11.5 Å². The van der Waals surface area contributed by atoms with Crippen molar-refractivity contribution in [1.29, 1.82) is 0 Å². The predicted molar refractivity (Wildman–Crippen MR) is 126 cm³/mol. The van der Waals surface area contributed by atoms with E-state index in [0.29, 0.717) is 24.4 Å². The van der Waals surface area contributed by atoms with Gasteiger partial charge in [0, 0.05) is 43.9 Å². The molecule has 1 fully saturated rings. The smallest absolute Gasteiger partial charge is 0.270 e. The lowest BCUT2D eigenvalue weighted by Gasteiger charge is -2.39. The Kier molecular flexibility index (Phi) is 6.82. The van der Waals surface area contributed by atoms with E-state index >= 15 is 0 Å². The van der Waals surface area contributed by atoms with E-state index in [0.717, 1.165) is 5.56 Å². The number of rotatable bonds is 7. The lowest BCUT2D eigenvalue weighted by molar-refractivity contribution is -0.385. The van der Waals surface area contributed by atoms with Gasteiger partial charge in [0.1, 0.15) is 11.5 Å². The van der Waals surface area contributed by atoms with Gasteiger partial charge in [-0.25, -0.2) is 8.42 Å². The van der Waals surface area contributed by atoms with E-state index in [4.69, 9.17) is 4.74 Å². The van der Waals surface area contributed by atoms with E-state index in [2.05, 4.69) is 0 Å². The van der Waals surface area contributed by atoms with Gasteiger partial charge in [-0.15, -0.1) is 0 Å². The van der Waals surface area contributed by atoms with Crippen molar-refractivity contribution in [3.05, 3.63) is 94.0 Å². The van der Waals surface area contributed by atoms with Gasteiger partial charge in [-0.2, -0.15) is 4.31 Å². The Morgan fingerprint density at radius 2 is 1.62 bits per heavy atom. The lowest BCUT2D eigenvalue weighted by Crippen LogP contribution is -2.49. The van der Waals surface area contributed by atoms with Gasteiger partial charge in [0.25, 0.3) is 5.69 Å². The Morgan fingerprint density at radius 3 is 2.21 bits per heavy atom. The maximum Gasteiger partial charge on any atom is 0.270 e. The van der Waals surface area contributed by atoms with Gasteiger partial charge in [-0.1, -0.05) is 30.3 Å². The van der Waals surface area contributed by atoms with Gasteiger partial charge in [-0.05, 0) is 35.9 Å². The molecule has 0 aromatic heterocycles. The fourth-order valence-corrected chi connectivity index (χ4v) is 5.62. The van der Waals surface area contributed by atoms with Crippen LogP contribution in [0.3, 0.4) is 0 Å². The quantitative estimate of drug-likeness (QED) is 0.405. The summed E-state index contributed by atoms with van der Waals surface area (Å²) < 4.78 is 32.8. The highest BCUT2D eigenvalue weighted by Crippen LogP contribution is 2.37. The highest BCUT2D eigenvalue weighted by molar-refractivity contribution is 7.89. The van der Waals surface area contributed by atoms with Crippen molar-refractivity contribution in [2.75, 3.05) is 33.3 Å².